The predicted octanol–water partition coefficient (Wildman–Crippen LogP) is 16.2. The lowest BCUT2D eigenvalue weighted by molar-refractivity contribution is 0.661. The van der Waals surface area contributed by atoms with Gasteiger partial charge >= 0.3 is 0 Å². The van der Waals surface area contributed by atoms with Gasteiger partial charge in [0.1, 0.15) is 0 Å². The summed E-state index contributed by atoms with van der Waals surface area (Å²) in [6.07, 6.45) is 0. The van der Waals surface area contributed by atoms with Crippen LogP contribution in [0.25, 0.3) is 115 Å². The van der Waals surface area contributed by atoms with Crippen LogP contribution in [0.3, 0.4) is 0 Å². The van der Waals surface area contributed by atoms with E-state index in [1.54, 1.807) is 0 Å². The minimum absolute atomic E-state index is 0.179. The van der Waals surface area contributed by atoms with Crippen LogP contribution in [0.4, 0.5) is 0 Å². The molecule has 1 nitrogen and oxygen atoms in total. The summed E-state index contributed by atoms with van der Waals surface area (Å²) in [5.41, 5.74) is 14.0. The van der Waals surface area contributed by atoms with E-state index in [0.717, 1.165) is 0 Å². The van der Waals surface area contributed by atoms with Crippen LogP contribution in [-0.2, 0) is 5.41 Å². The summed E-state index contributed by atoms with van der Waals surface area (Å²) in [5, 5.41) is 15.5. The zero-order valence-corrected chi connectivity index (χ0v) is 33.5. The summed E-state index contributed by atoms with van der Waals surface area (Å²) < 4.78 is 2.40. The average molecular weight is 762 g/mol. The third-order valence-corrected chi connectivity index (χ3v) is 13.7. The van der Waals surface area contributed by atoms with E-state index < -0.39 is 0 Å². The lowest BCUT2D eigenvalue weighted by Gasteiger charge is -2.23. The molecule has 1 heterocycles. The van der Waals surface area contributed by atoms with Crippen molar-refractivity contribution >= 4 is 75.7 Å². The van der Waals surface area contributed by atoms with Crippen LogP contribution in [0.2, 0.25) is 0 Å². The van der Waals surface area contributed by atoms with Gasteiger partial charge in [0, 0.05) is 21.9 Å². The number of nitrogens with zero attached hydrogens (tertiary/aromatic N) is 1. The summed E-state index contributed by atoms with van der Waals surface area (Å²) in [4.78, 5) is 0. The van der Waals surface area contributed by atoms with Crippen LogP contribution in [0.5, 0.6) is 0 Å². The smallest absolute Gasteiger partial charge is 0.0541 e. The molecule has 0 N–H and O–H groups in total. The fraction of sp³-hybridized carbons (Fsp3) is 0.0508. The lowest BCUT2D eigenvalue weighted by atomic mass is 9.79. The van der Waals surface area contributed by atoms with E-state index in [1.807, 2.05) is 0 Å². The van der Waals surface area contributed by atoms with Crippen molar-refractivity contribution < 1.29 is 0 Å². The van der Waals surface area contributed by atoms with Gasteiger partial charge in [0.2, 0.25) is 0 Å². The van der Waals surface area contributed by atoms with Crippen molar-refractivity contribution in [1.82, 2.24) is 4.57 Å². The van der Waals surface area contributed by atoms with Crippen LogP contribution in [-0.4, -0.2) is 4.57 Å². The summed E-state index contributed by atoms with van der Waals surface area (Å²) in [6.45, 7) is 4.83. The van der Waals surface area contributed by atoms with Crippen molar-refractivity contribution in [2.24, 2.45) is 0 Å². The van der Waals surface area contributed by atoms with Gasteiger partial charge in [-0.05, 0) is 147 Å². The maximum atomic E-state index is 2.51. The second kappa shape index (κ2) is 12.3. The molecule has 0 bridgehead atoms. The van der Waals surface area contributed by atoms with Crippen LogP contribution in [0, 0.1) is 0 Å². The molecule has 1 aromatic heterocycles. The third kappa shape index (κ3) is 4.52. The number of benzene rings is 11. The van der Waals surface area contributed by atoms with Crippen molar-refractivity contribution in [3.8, 4) is 39.1 Å². The van der Waals surface area contributed by atoms with Gasteiger partial charge in [-0.2, -0.15) is 0 Å². The standard InChI is InChI=1S/C59H39N/c1-59(2)53-33-37(28-30-43(53)51-34-49-41-20-8-6-18-39(41)40-19-7-9-21-42(40)50(49)35-54(51)59)58-47-25-12-10-23-45(47)57(46-24-11-13-26-48(46)58)36-29-31-56-52(32-36)44-22-14-15-27-55(44)60(56)38-16-4-3-5-17-38/h3-35H,1-2H3. The Morgan fingerprint density at radius 3 is 1.33 bits per heavy atom. The molecule has 12 aromatic rings. The van der Waals surface area contributed by atoms with E-state index in [4.69, 9.17) is 0 Å². The average Bonchev–Trinajstić information content (AvgIpc) is 3.75. The Morgan fingerprint density at radius 1 is 0.300 bits per heavy atom. The molecule has 0 saturated heterocycles. The minimum atomic E-state index is -0.179. The Bertz CT molecular complexity index is 3730. The van der Waals surface area contributed by atoms with E-state index in [0.29, 0.717) is 0 Å². The second-order valence-electron chi connectivity index (χ2n) is 17.2. The molecule has 0 saturated carbocycles. The first kappa shape index (κ1) is 33.5. The largest absolute Gasteiger partial charge is 0.309 e. The topological polar surface area (TPSA) is 4.93 Å². The van der Waals surface area contributed by atoms with Crippen molar-refractivity contribution in [3.05, 3.63) is 211 Å². The van der Waals surface area contributed by atoms with Gasteiger partial charge in [0.15, 0.2) is 0 Å². The number of aromatic nitrogens is 1. The molecular weight excluding hydrogens is 723 g/mol. The summed E-state index contributed by atoms with van der Waals surface area (Å²) in [5.74, 6) is 0. The van der Waals surface area contributed by atoms with E-state index in [9.17, 15) is 0 Å². The third-order valence-electron chi connectivity index (χ3n) is 13.7. The normalized spacial score (nSPS) is 13.3. The fourth-order valence-corrected chi connectivity index (χ4v) is 11.0. The highest BCUT2D eigenvalue weighted by molar-refractivity contribution is 6.27. The first-order valence-electron chi connectivity index (χ1n) is 21.1. The number of para-hydroxylation sites is 2. The van der Waals surface area contributed by atoms with Gasteiger partial charge < -0.3 is 4.57 Å². The number of fused-ring (bicyclic) bond motifs is 14. The molecular formula is C59H39N. The molecule has 1 aliphatic rings. The maximum Gasteiger partial charge on any atom is 0.0541 e. The van der Waals surface area contributed by atoms with E-state index in [-0.39, 0.29) is 5.41 Å². The molecule has 0 unspecified atom stereocenters. The van der Waals surface area contributed by atoms with Crippen LogP contribution in [0.15, 0.2) is 200 Å². The summed E-state index contributed by atoms with van der Waals surface area (Å²) >= 11 is 0. The summed E-state index contributed by atoms with van der Waals surface area (Å²) in [7, 11) is 0. The minimum Gasteiger partial charge on any atom is -0.309 e. The highest BCUT2D eigenvalue weighted by atomic mass is 15.0. The van der Waals surface area contributed by atoms with Crippen LogP contribution >= 0.6 is 0 Å². The van der Waals surface area contributed by atoms with Crippen LogP contribution in [0.1, 0.15) is 25.0 Å². The molecule has 11 aromatic carbocycles. The molecule has 0 amide bonds. The monoisotopic (exact) mass is 761 g/mol. The van der Waals surface area contributed by atoms with Crippen molar-refractivity contribution in [2.75, 3.05) is 0 Å². The molecule has 1 heteroatoms. The lowest BCUT2D eigenvalue weighted by Crippen LogP contribution is -2.15. The fourth-order valence-electron chi connectivity index (χ4n) is 11.0. The van der Waals surface area contributed by atoms with Crippen molar-refractivity contribution in [2.45, 2.75) is 19.3 Å². The maximum absolute atomic E-state index is 2.51. The summed E-state index contributed by atoms with van der Waals surface area (Å²) in [6, 6.07) is 74.8. The van der Waals surface area contributed by atoms with E-state index in [1.165, 1.54) is 126 Å². The quantitative estimate of drug-likeness (QED) is 0.125. The molecule has 0 radical (unpaired) electrons. The molecule has 0 spiro atoms. The zero-order valence-electron chi connectivity index (χ0n) is 33.5. The number of hydrogen-bond acceptors (Lipinski definition) is 0. The molecule has 13 rings (SSSR count). The number of hydrogen-bond donors (Lipinski definition) is 0. The van der Waals surface area contributed by atoms with Crippen LogP contribution < -0.4 is 0 Å². The first-order chi connectivity index (χ1) is 29.5. The Morgan fingerprint density at radius 2 is 0.733 bits per heavy atom. The Kier molecular flexibility index (Phi) is 6.85. The van der Waals surface area contributed by atoms with Gasteiger partial charge in [0.05, 0.1) is 11.0 Å². The number of rotatable bonds is 3. The van der Waals surface area contributed by atoms with Gasteiger partial charge in [-0.1, -0.05) is 166 Å². The molecule has 0 aliphatic heterocycles. The zero-order chi connectivity index (χ0) is 39.7. The van der Waals surface area contributed by atoms with Gasteiger partial charge in [0.25, 0.3) is 0 Å². The predicted molar refractivity (Wildman–Crippen MR) is 257 cm³/mol. The van der Waals surface area contributed by atoms with Gasteiger partial charge in [-0.15, -0.1) is 0 Å². The molecule has 60 heavy (non-hydrogen) atoms. The second-order valence-corrected chi connectivity index (χ2v) is 17.2. The molecule has 0 atom stereocenters. The Hall–Kier alpha value is -7.48. The molecule has 1 aliphatic carbocycles. The van der Waals surface area contributed by atoms with E-state index >= 15 is 0 Å². The molecule has 280 valence electrons. The molecule has 0 fully saturated rings. The van der Waals surface area contributed by atoms with Crippen molar-refractivity contribution in [1.29, 1.82) is 0 Å². The van der Waals surface area contributed by atoms with Crippen molar-refractivity contribution in [3.63, 3.8) is 0 Å². The highest BCUT2D eigenvalue weighted by Crippen LogP contribution is 2.53. The van der Waals surface area contributed by atoms with E-state index in [2.05, 4.69) is 219 Å². The van der Waals surface area contributed by atoms with Gasteiger partial charge in [-0.25, -0.2) is 0 Å². The SMILES string of the molecule is CC1(C)c2cc(-c3c4ccccc4c(-c4ccc5c(c4)c4ccccc4n5-c4ccccc4)c4ccccc34)ccc2-c2cc3c4ccccc4c4ccccc4c3cc21. The Labute approximate surface area is 348 Å². The highest BCUT2D eigenvalue weighted by Gasteiger charge is 2.36. The van der Waals surface area contributed by atoms with Gasteiger partial charge in [-0.3, -0.25) is 0 Å². The Balaban J connectivity index is 1.03. The first-order valence-corrected chi connectivity index (χ1v) is 21.1.